The second kappa shape index (κ2) is 10.0. The summed E-state index contributed by atoms with van der Waals surface area (Å²) in [6.07, 6.45) is 1.21. The van der Waals surface area contributed by atoms with Gasteiger partial charge in [0, 0.05) is 5.56 Å². The number of nitro benzene ring substituents is 1. The summed E-state index contributed by atoms with van der Waals surface area (Å²) in [5.74, 6) is 0.138. The average Bonchev–Trinajstić information content (AvgIpc) is 2.78. The zero-order valence-corrected chi connectivity index (χ0v) is 17.1. The number of amides is 1. The molecule has 0 aliphatic heterocycles. The van der Waals surface area contributed by atoms with E-state index in [4.69, 9.17) is 9.47 Å². The van der Waals surface area contributed by atoms with E-state index in [1.807, 2.05) is 49.4 Å². The molecule has 3 aromatic carbocycles. The van der Waals surface area contributed by atoms with Crippen LogP contribution in [0.1, 0.15) is 27.0 Å². The molecular weight excluding hydrogens is 398 g/mol. The molecule has 1 N–H and O–H groups in total. The first-order chi connectivity index (χ1) is 15.0. The van der Waals surface area contributed by atoms with Crippen LogP contribution in [0.2, 0.25) is 0 Å². The van der Waals surface area contributed by atoms with Gasteiger partial charge in [-0.3, -0.25) is 14.9 Å². The highest BCUT2D eigenvalue weighted by molar-refractivity contribution is 5.96. The highest BCUT2D eigenvalue weighted by Gasteiger charge is 2.19. The molecule has 0 radical (unpaired) electrons. The zero-order chi connectivity index (χ0) is 22.2. The number of nitrogens with zero attached hydrogens (tertiary/aromatic N) is 2. The number of aryl methyl sites for hydroxylation is 1. The minimum absolute atomic E-state index is 0.166. The van der Waals surface area contributed by atoms with Gasteiger partial charge in [0.15, 0.2) is 11.5 Å². The van der Waals surface area contributed by atoms with Gasteiger partial charge in [0.2, 0.25) is 0 Å². The van der Waals surface area contributed by atoms with Crippen LogP contribution in [0.3, 0.4) is 0 Å². The Morgan fingerprint density at radius 1 is 1.10 bits per heavy atom. The van der Waals surface area contributed by atoms with E-state index in [1.165, 1.54) is 25.5 Å². The van der Waals surface area contributed by atoms with Crippen molar-refractivity contribution in [1.29, 1.82) is 0 Å². The van der Waals surface area contributed by atoms with Gasteiger partial charge >= 0.3 is 0 Å². The Balaban J connectivity index is 1.81. The van der Waals surface area contributed by atoms with Crippen molar-refractivity contribution in [2.45, 2.75) is 13.5 Å². The second-order valence-electron chi connectivity index (χ2n) is 6.61. The lowest BCUT2D eigenvalue weighted by molar-refractivity contribution is -0.385. The predicted octanol–water partition coefficient (Wildman–Crippen LogP) is 4.25. The maximum Gasteiger partial charge on any atom is 0.282 e. The van der Waals surface area contributed by atoms with Gasteiger partial charge in [-0.2, -0.15) is 5.10 Å². The Morgan fingerprint density at radius 3 is 2.48 bits per heavy atom. The molecule has 0 heterocycles. The van der Waals surface area contributed by atoms with E-state index in [-0.39, 0.29) is 23.6 Å². The van der Waals surface area contributed by atoms with Crippen LogP contribution >= 0.6 is 0 Å². The molecule has 0 unspecified atom stereocenters. The van der Waals surface area contributed by atoms with Crippen molar-refractivity contribution in [1.82, 2.24) is 5.43 Å². The predicted molar refractivity (Wildman–Crippen MR) is 117 cm³/mol. The summed E-state index contributed by atoms with van der Waals surface area (Å²) in [6.45, 7) is 2.04. The first-order valence-electron chi connectivity index (χ1n) is 9.41. The fourth-order valence-electron chi connectivity index (χ4n) is 2.88. The van der Waals surface area contributed by atoms with E-state index >= 15 is 0 Å². The fourth-order valence-corrected chi connectivity index (χ4v) is 2.88. The van der Waals surface area contributed by atoms with Gasteiger partial charge in [-0.1, -0.05) is 48.5 Å². The monoisotopic (exact) mass is 419 g/mol. The molecule has 0 aromatic heterocycles. The van der Waals surface area contributed by atoms with E-state index < -0.39 is 10.8 Å². The third-order valence-electron chi connectivity index (χ3n) is 4.51. The minimum atomic E-state index is -0.542. The molecule has 0 aliphatic rings. The second-order valence-corrected chi connectivity index (χ2v) is 6.61. The smallest absolute Gasteiger partial charge is 0.282 e. The van der Waals surface area contributed by atoms with Crippen molar-refractivity contribution in [2.24, 2.45) is 5.10 Å². The van der Waals surface area contributed by atoms with Gasteiger partial charge in [-0.25, -0.2) is 5.43 Å². The summed E-state index contributed by atoms with van der Waals surface area (Å²) >= 11 is 0. The van der Waals surface area contributed by atoms with Crippen LogP contribution in [0.15, 0.2) is 71.8 Å². The Labute approximate surface area is 179 Å². The maximum absolute atomic E-state index is 12.3. The number of carbonyl (C=O) groups is 1. The normalized spacial score (nSPS) is 10.6. The molecule has 8 heteroatoms. The van der Waals surface area contributed by atoms with Crippen LogP contribution in [0.4, 0.5) is 5.69 Å². The number of hydrazone groups is 1. The Morgan fingerprint density at radius 2 is 1.81 bits per heavy atom. The van der Waals surface area contributed by atoms with Crippen molar-refractivity contribution < 1.29 is 19.2 Å². The van der Waals surface area contributed by atoms with Gasteiger partial charge in [0.25, 0.3) is 11.6 Å². The summed E-state index contributed by atoms with van der Waals surface area (Å²) in [6, 6.07) is 19.2. The number of hydrogen-bond donors (Lipinski definition) is 1. The Kier molecular flexibility index (Phi) is 6.95. The molecule has 3 rings (SSSR count). The number of nitro groups is 1. The SMILES string of the molecule is COc1cc(/C=N/NC(=O)c2ccccc2C)c([N+](=O)[O-])cc1OCc1ccccc1. The van der Waals surface area contributed by atoms with E-state index in [0.717, 1.165) is 11.1 Å². The van der Waals surface area contributed by atoms with Crippen molar-refractivity contribution in [3.8, 4) is 11.5 Å². The summed E-state index contributed by atoms with van der Waals surface area (Å²) in [5.41, 5.74) is 4.51. The van der Waals surface area contributed by atoms with Gasteiger partial charge in [0.1, 0.15) is 6.61 Å². The molecule has 31 heavy (non-hydrogen) atoms. The third kappa shape index (κ3) is 5.45. The average molecular weight is 419 g/mol. The van der Waals surface area contributed by atoms with Crippen LogP contribution < -0.4 is 14.9 Å². The number of ether oxygens (including phenoxy) is 2. The first-order valence-corrected chi connectivity index (χ1v) is 9.41. The quantitative estimate of drug-likeness (QED) is 0.334. The van der Waals surface area contributed by atoms with Crippen molar-refractivity contribution in [3.05, 3.63) is 99.1 Å². The van der Waals surface area contributed by atoms with Gasteiger partial charge in [-0.15, -0.1) is 0 Å². The van der Waals surface area contributed by atoms with Crippen LogP contribution in [0.25, 0.3) is 0 Å². The molecule has 0 saturated heterocycles. The topological polar surface area (TPSA) is 103 Å². The highest BCUT2D eigenvalue weighted by atomic mass is 16.6. The summed E-state index contributed by atoms with van der Waals surface area (Å²) in [5, 5.41) is 15.4. The number of benzene rings is 3. The molecular formula is C23H21N3O5. The molecule has 0 spiro atoms. The standard InChI is InChI=1S/C23H21N3O5/c1-16-8-6-7-11-19(16)23(27)25-24-14-18-12-21(30-2)22(13-20(18)26(28)29)31-15-17-9-4-3-5-10-17/h3-14H,15H2,1-2H3,(H,25,27)/b24-14+. The number of carbonyl (C=O) groups excluding carboxylic acids is 1. The molecule has 0 saturated carbocycles. The van der Waals surface area contributed by atoms with E-state index in [2.05, 4.69) is 10.5 Å². The molecule has 0 atom stereocenters. The molecule has 1 amide bonds. The van der Waals surface area contributed by atoms with Gasteiger partial charge < -0.3 is 9.47 Å². The number of methoxy groups -OCH3 is 1. The van der Waals surface area contributed by atoms with Gasteiger partial charge in [0.05, 0.1) is 29.9 Å². The third-order valence-corrected chi connectivity index (χ3v) is 4.51. The molecule has 0 fully saturated rings. The fraction of sp³-hybridized carbons (Fsp3) is 0.130. The lowest BCUT2D eigenvalue weighted by Crippen LogP contribution is -2.18. The number of hydrogen-bond acceptors (Lipinski definition) is 6. The zero-order valence-electron chi connectivity index (χ0n) is 17.1. The van der Waals surface area contributed by atoms with Crippen molar-refractivity contribution in [2.75, 3.05) is 7.11 Å². The number of nitrogens with one attached hydrogen (secondary N) is 1. The first kappa shape index (κ1) is 21.5. The van der Waals surface area contributed by atoms with E-state index in [0.29, 0.717) is 11.3 Å². The molecule has 0 aliphatic carbocycles. The summed E-state index contributed by atoms with van der Waals surface area (Å²) in [4.78, 5) is 23.3. The lowest BCUT2D eigenvalue weighted by atomic mass is 10.1. The van der Waals surface area contributed by atoms with Crippen LogP contribution in [0.5, 0.6) is 11.5 Å². The van der Waals surface area contributed by atoms with Crippen LogP contribution in [-0.4, -0.2) is 24.2 Å². The Hall–Kier alpha value is -4.20. The number of rotatable bonds is 8. The highest BCUT2D eigenvalue weighted by Crippen LogP contribution is 2.34. The van der Waals surface area contributed by atoms with E-state index in [9.17, 15) is 14.9 Å². The molecule has 3 aromatic rings. The Bertz CT molecular complexity index is 1110. The van der Waals surface area contributed by atoms with E-state index in [1.54, 1.807) is 12.1 Å². The molecule has 8 nitrogen and oxygen atoms in total. The molecule has 0 bridgehead atoms. The largest absolute Gasteiger partial charge is 0.493 e. The van der Waals surface area contributed by atoms with Crippen molar-refractivity contribution in [3.63, 3.8) is 0 Å². The summed E-state index contributed by atoms with van der Waals surface area (Å²) in [7, 11) is 1.44. The summed E-state index contributed by atoms with van der Waals surface area (Å²) < 4.78 is 11.1. The van der Waals surface area contributed by atoms with Crippen LogP contribution in [0, 0.1) is 17.0 Å². The minimum Gasteiger partial charge on any atom is -0.493 e. The van der Waals surface area contributed by atoms with Gasteiger partial charge in [-0.05, 0) is 30.2 Å². The lowest BCUT2D eigenvalue weighted by Gasteiger charge is -2.12. The maximum atomic E-state index is 12.3. The van der Waals surface area contributed by atoms with Crippen molar-refractivity contribution >= 4 is 17.8 Å². The molecule has 158 valence electrons. The van der Waals surface area contributed by atoms with Crippen LogP contribution in [-0.2, 0) is 6.61 Å².